The summed E-state index contributed by atoms with van der Waals surface area (Å²) in [5, 5.41) is 13.7. The zero-order chi connectivity index (χ0) is 25.5. The number of nitrogens with zero attached hydrogens (tertiary/aromatic N) is 3. The van der Waals surface area contributed by atoms with Crippen molar-refractivity contribution < 1.29 is 14.3 Å². The Hall–Kier alpha value is -4.05. The Morgan fingerprint density at radius 3 is 2.54 bits per heavy atom. The van der Waals surface area contributed by atoms with Crippen LogP contribution in [0.2, 0.25) is 5.02 Å². The third-order valence-electron chi connectivity index (χ3n) is 5.43. The zero-order valence-electron chi connectivity index (χ0n) is 19.8. The Bertz CT molecular complexity index is 1380. The van der Waals surface area contributed by atoms with Crippen molar-refractivity contribution in [1.29, 1.82) is 0 Å². The predicted octanol–water partition coefficient (Wildman–Crippen LogP) is 5.22. The Balaban J connectivity index is 0.00000108. The van der Waals surface area contributed by atoms with Crippen LogP contribution in [0.4, 0.5) is 28.8 Å². The summed E-state index contributed by atoms with van der Waals surface area (Å²) in [7, 11) is 0. The number of carbonyl (C=O) groups is 1. The number of H-pyrrole nitrogens is 1. The van der Waals surface area contributed by atoms with Gasteiger partial charge < -0.3 is 25.1 Å². The second-order valence-corrected chi connectivity index (χ2v) is 7.99. The van der Waals surface area contributed by atoms with Gasteiger partial charge in [-0.2, -0.15) is 4.98 Å². The number of aromatic amines is 1. The minimum atomic E-state index is -0.499. The van der Waals surface area contributed by atoms with Gasteiger partial charge in [0.25, 0.3) is 6.47 Å². The molecule has 2 aromatic heterocycles. The summed E-state index contributed by atoms with van der Waals surface area (Å²) in [5.41, 5.74) is 6.31. The number of aromatic nitrogens is 3. The second-order valence-electron chi connectivity index (χ2n) is 7.58. The summed E-state index contributed by atoms with van der Waals surface area (Å²) in [6, 6.07) is 9.43. The molecule has 0 spiro atoms. The molecule has 0 unspecified atom stereocenters. The van der Waals surface area contributed by atoms with Gasteiger partial charge in [-0.25, -0.2) is 9.78 Å². The predicted molar refractivity (Wildman–Crippen MR) is 139 cm³/mol. The summed E-state index contributed by atoms with van der Waals surface area (Å²) < 4.78 is 5.04. The average Bonchev–Trinajstić information content (AvgIpc) is 3.19. The van der Waals surface area contributed by atoms with Gasteiger partial charge in [0.1, 0.15) is 5.02 Å². The third-order valence-corrected chi connectivity index (χ3v) is 5.70. The molecule has 0 bridgehead atoms. The Morgan fingerprint density at radius 1 is 1.14 bits per heavy atom. The fraction of sp³-hybridized carbons (Fsp3) is 0.250. The molecule has 11 heteroatoms. The van der Waals surface area contributed by atoms with Crippen molar-refractivity contribution in [2.24, 2.45) is 0 Å². The number of anilines is 5. The van der Waals surface area contributed by atoms with Crippen LogP contribution in [0.25, 0.3) is 11.1 Å². The van der Waals surface area contributed by atoms with Crippen molar-refractivity contribution >= 4 is 58.0 Å². The van der Waals surface area contributed by atoms with E-state index >= 15 is 0 Å². The van der Waals surface area contributed by atoms with Gasteiger partial charge in [0.2, 0.25) is 5.95 Å². The molecule has 0 radical (unpaired) electrons. The van der Waals surface area contributed by atoms with E-state index in [0.29, 0.717) is 33.6 Å². The molecule has 0 atom stereocenters. The topological polar surface area (TPSA) is 136 Å². The number of hydrogen-bond donors (Lipinski definition) is 4. The Morgan fingerprint density at radius 2 is 1.86 bits per heavy atom. The van der Waals surface area contributed by atoms with Gasteiger partial charge in [0, 0.05) is 30.2 Å². The number of benzene rings is 2. The first-order chi connectivity index (χ1) is 16.8. The number of aryl methyl sites for hydroxylation is 1. The van der Waals surface area contributed by atoms with Crippen LogP contribution in [0.3, 0.4) is 0 Å². The quantitative estimate of drug-likeness (QED) is 0.253. The molecule has 2 aromatic carbocycles. The van der Waals surface area contributed by atoms with E-state index in [1.807, 2.05) is 0 Å². The van der Waals surface area contributed by atoms with Crippen molar-refractivity contribution in [3.8, 4) is 0 Å². The van der Waals surface area contributed by atoms with Crippen LogP contribution in [0.5, 0.6) is 0 Å². The highest BCUT2D eigenvalue weighted by Crippen LogP contribution is 2.30. The fourth-order valence-corrected chi connectivity index (χ4v) is 3.75. The van der Waals surface area contributed by atoms with Crippen LogP contribution in [-0.2, 0) is 4.79 Å². The van der Waals surface area contributed by atoms with Crippen molar-refractivity contribution in [2.45, 2.75) is 27.7 Å². The van der Waals surface area contributed by atoms with E-state index in [2.05, 4.69) is 70.3 Å². The lowest BCUT2D eigenvalue weighted by Crippen LogP contribution is -2.23. The van der Waals surface area contributed by atoms with E-state index in [1.165, 1.54) is 16.8 Å². The van der Waals surface area contributed by atoms with E-state index in [9.17, 15) is 4.79 Å². The number of fused-ring (bicyclic) bond motifs is 1. The molecule has 4 aromatic rings. The van der Waals surface area contributed by atoms with E-state index in [0.717, 1.165) is 18.8 Å². The maximum Gasteiger partial charge on any atom is 0.417 e. The van der Waals surface area contributed by atoms with Gasteiger partial charge >= 0.3 is 5.76 Å². The highest BCUT2D eigenvalue weighted by molar-refractivity contribution is 6.32. The van der Waals surface area contributed by atoms with E-state index in [4.69, 9.17) is 25.9 Å². The maximum atomic E-state index is 11.4. The first-order valence-electron chi connectivity index (χ1n) is 10.9. The number of halogens is 1. The highest BCUT2D eigenvalue weighted by Gasteiger charge is 2.12. The molecule has 0 amide bonds. The van der Waals surface area contributed by atoms with Gasteiger partial charge in [0.05, 0.1) is 11.7 Å². The lowest BCUT2D eigenvalue weighted by atomic mass is 10.1. The van der Waals surface area contributed by atoms with Crippen molar-refractivity contribution in [3.05, 3.63) is 63.2 Å². The standard InChI is InChI=1S/C23H25ClN6O2.CH2O2/c1-5-30(6-2)19-11-16(9-13(3)14(19)4)27-22-25-12-17(24)21(29-22)26-15-7-8-20-18(10-15)28-23(31)32-20;2-1-3/h7-12H,5-6H2,1-4H3,(H,28,31)(H2,25,26,27,29);1H,(H,2,3). The van der Waals surface area contributed by atoms with Gasteiger partial charge in [-0.15, -0.1) is 0 Å². The summed E-state index contributed by atoms with van der Waals surface area (Å²) in [6.45, 7) is 10.1. The molecule has 4 rings (SSSR count). The molecule has 0 fully saturated rings. The fourth-order valence-electron chi connectivity index (χ4n) is 3.62. The van der Waals surface area contributed by atoms with Gasteiger partial charge in [-0.1, -0.05) is 11.6 Å². The normalized spacial score (nSPS) is 10.4. The number of carboxylic acid groups (broad SMARTS) is 1. The minimum absolute atomic E-state index is 0.250. The third kappa shape index (κ3) is 6.10. The van der Waals surface area contributed by atoms with Crippen LogP contribution in [-0.4, -0.2) is 39.6 Å². The number of hydrogen-bond acceptors (Lipinski definition) is 8. The summed E-state index contributed by atoms with van der Waals surface area (Å²) >= 11 is 6.32. The number of rotatable bonds is 7. The zero-order valence-corrected chi connectivity index (χ0v) is 20.6. The maximum absolute atomic E-state index is 11.4. The molecule has 4 N–H and O–H groups in total. The largest absolute Gasteiger partial charge is 0.483 e. The Labute approximate surface area is 207 Å². The highest BCUT2D eigenvalue weighted by atomic mass is 35.5. The van der Waals surface area contributed by atoms with Gasteiger partial charge in [0.15, 0.2) is 11.4 Å². The van der Waals surface area contributed by atoms with Crippen LogP contribution in [0.1, 0.15) is 25.0 Å². The van der Waals surface area contributed by atoms with E-state index < -0.39 is 5.76 Å². The Kier molecular flexibility index (Phi) is 8.32. The van der Waals surface area contributed by atoms with E-state index in [-0.39, 0.29) is 6.47 Å². The molecule has 2 heterocycles. The van der Waals surface area contributed by atoms with Gasteiger partial charge in [-0.05, 0) is 69.2 Å². The second kappa shape index (κ2) is 11.4. The van der Waals surface area contributed by atoms with Crippen LogP contribution in [0.15, 0.2) is 45.7 Å². The van der Waals surface area contributed by atoms with Crippen LogP contribution in [0, 0.1) is 13.8 Å². The first kappa shape index (κ1) is 25.6. The molecule has 10 nitrogen and oxygen atoms in total. The molecule has 0 saturated heterocycles. The molecule has 184 valence electrons. The SMILES string of the molecule is CCN(CC)c1cc(Nc2ncc(Cl)c(Nc3ccc4oc(=O)[nH]c4c3)n2)cc(C)c1C.O=CO. The molecular formula is C24H27ClN6O4. The van der Waals surface area contributed by atoms with Crippen LogP contribution >= 0.6 is 11.6 Å². The summed E-state index contributed by atoms with van der Waals surface area (Å²) in [5.74, 6) is 0.367. The molecule has 35 heavy (non-hydrogen) atoms. The first-order valence-corrected chi connectivity index (χ1v) is 11.3. The van der Waals surface area contributed by atoms with Crippen LogP contribution < -0.4 is 21.3 Å². The monoisotopic (exact) mass is 498 g/mol. The molecular weight excluding hydrogens is 472 g/mol. The smallest absolute Gasteiger partial charge is 0.417 e. The molecule has 0 aliphatic heterocycles. The molecule has 0 aliphatic rings. The van der Waals surface area contributed by atoms with Crippen molar-refractivity contribution in [2.75, 3.05) is 28.6 Å². The van der Waals surface area contributed by atoms with Crippen molar-refractivity contribution in [3.63, 3.8) is 0 Å². The average molecular weight is 499 g/mol. The van der Waals surface area contributed by atoms with Gasteiger partial charge in [-0.3, -0.25) is 9.78 Å². The minimum Gasteiger partial charge on any atom is -0.483 e. The van der Waals surface area contributed by atoms with Crippen molar-refractivity contribution in [1.82, 2.24) is 15.0 Å². The number of oxazole rings is 1. The molecule has 0 aliphatic carbocycles. The molecule has 0 saturated carbocycles. The number of nitrogens with one attached hydrogen (secondary N) is 3. The summed E-state index contributed by atoms with van der Waals surface area (Å²) in [4.78, 5) is 33.6. The lowest BCUT2D eigenvalue weighted by molar-refractivity contribution is -0.122. The van der Waals surface area contributed by atoms with E-state index in [1.54, 1.807) is 24.4 Å². The summed E-state index contributed by atoms with van der Waals surface area (Å²) in [6.07, 6.45) is 1.55. The lowest BCUT2D eigenvalue weighted by Gasteiger charge is -2.25.